The van der Waals surface area contributed by atoms with Crippen LogP contribution < -0.4 is 0 Å². The second-order valence-electron chi connectivity index (χ2n) is 6.78. The molecule has 0 unspecified atom stereocenters. The Morgan fingerprint density at radius 1 is 1.08 bits per heavy atom. The lowest BCUT2D eigenvalue weighted by Gasteiger charge is -2.15. The van der Waals surface area contributed by atoms with Gasteiger partial charge in [0.2, 0.25) is 0 Å². The molecule has 130 valence electrons. The van der Waals surface area contributed by atoms with Crippen LogP contribution in [-0.4, -0.2) is 12.6 Å². The molecule has 1 aliphatic rings. The molecule has 1 saturated carbocycles. The summed E-state index contributed by atoms with van der Waals surface area (Å²) in [5.74, 6) is -1.19. The van der Waals surface area contributed by atoms with Gasteiger partial charge in [-0.1, -0.05) is 59.7 Å². The molecular formula is C22H20N2O2. The third-order valence-corrected chi connectivity index (χ3v) is 5.16. The molecule has 0 heterocycles. The zero-order chi connectivity index (χ0) is 18.9. The summed E-state index contributed by atoms with van der Waals surface area (Å²) < 4.78 is 5.24. The number of aryl methyl sites for hydroxylation is 2. The fourth-order valence-electron chi connectivity index (χ4n) is 4.16. The van der Waals surface area contributed by atoms with E-state index in [0.717, 1.165) is 16.7 Å². The number of esters is 1. The molecule has 0 saturated heterocycles. The minimum absolute atomic E-state index is 0.165. The summed E-state index contributed by atoms with van der Waals surface area (Å²) >= 11 is 0. The molecule has 3 atom stereocenters. The van der Waals surface area contributed by atoms with Crippen molar-refractivity contribution < 1.29 is 9.53 Å². The quantitative estimate of drug-likeness (QED) is 0.788. The highest BCUT2D eigenvalue weighted by Gasteiger charge is 2.84. The molecule has 1 fully saturated rings. The first kappa shape index (κ1) is 17.7. The van der Waals surface area contributed by atoms with Gasteiger partial charge in [-0.2, -0.15) is 10.5 Å². The lowest BCUT2D eigenvalue weighted by atomic mass is 9.86. The highest BCUT2D eigenvalue weighted by molar-refractivity contribution is 5.93. The zero-order valence-corrected chi connectivity index (χ0v) is 15.1. The number of nitriles is 2. The molecule has 2 aromatic rings. The number of nitrogens with zero attached hydrogens (tertiary/aromatic N) is 2. The third-order valence-electron chi connectivity index (χ3n) is 5.16. The Balaban J connectivity index is 2.28. The minimum atomic E-state index is -1.54. The van der Waals surface area contributed by atoms with Crippen LogP contribution in [0.3, 0.4) is 0 Å². The molecule has 2 aromatic carbocycles. The summed E-state index contributed by atoms with van der Waals surface area (Å²) in [4.78, 5) is 12.9. The Hall–Kier alpha value is -3.11. The summed E-state index contributed by atoms with van der Waals surface area (Å²) in [6.45, 7) is 5.76. The van der Waals surface area contributed by atoms with Crippen LogP contribution in [0.1, 0.15) is 35.1 Å². The Morgan fingerprint density at radius 2 is 1.69 bits per heavy atom. The standard InChI is InChI=1S/C22H20N2O2/c1-4-26-20(25)22(14-24)19(17-8-6-5-7-9-17)21(22,13-23)18-11-15(2)10-16(3)12-18/h5-12,19H,4H2,1-3H3/t19-,21-,22-/m1/s1. The Bertz CT molecular complexity index is 919. The van der Waals surface area contributed by atoms with Gasteiger partial charge in [-0.3, -0.25) is 4.79 Å². The zero-order valence-electron chi connectivity index (χ0n) is 15.1. The van der Waals surface area contributed by atoms with Gasteiger partial charge in [-0.15, -0.1) is 0 Å². The van der Waals surface area contributed by atoms with Gasteiger partial charge < -0.3 is 4.74 Å². The number of ether oxygens (including phenoxy) is 1. The molecule has 4 heteroatoms. The summed E-state index contributed by atoms with van der Waals surface area (Å²) in [5.41, 5.74) is 0.669. The summed E-state index contributed by atoms with van der Waals surface area (Å²) in [6, 6.07) is 19.6. The average molecular weight is 344 g/mol. The number of rotatable bonds is 4. The Kier molecular flexibility index (Phi) is 4.30. The number of hydrogen-bond acceptors (Lipinski definition) is 4. The molecule has 26 heavy (non-hydrogen) atoms. The maximum absolute atomic E-state index is 12.9. The van der Waals surface area contributed by atoms with Gasteiger partial charge >= 0.3 is 5.97 Å². The maximum atomic E-state index is 12.9. The van der Waals surface area contributed by atoms with E-state index in [1.807, 2.05) is 62.4 Å². The second-order valence-corrected chi connectivity index (χ2v) is 6.78. The molecule has 0 N–H and O–H groups in total. The number of carbonyl (C=O) groups is 1. The molecule has 0 bridgehead atoms. The minimum Gasteiger partial charge on any atom is -0.465 e. The van der Waals surface area contributed by atoms with Gasteiger partial charge in [0, 0.05) is 5.92 Å². The van der Waals surface area contributed by atoms with E-state index in [1.54, 1.807) is 6.92 Å². The predicted octanol–water partition coefficient (Wildman–Crippen LogP) is 3.94. The van der Waals surface area contributed by atoms with E-state index in [4.69, 9.17) is 4.74 Å². The van der Waals surface area contributed by atoms with E-state index in [1.165, 1.54) is 0 Å². The Labute approximate surface area is 153 Å². The van der Waals surface area contributed by atoms with Crippen LogP contribution in [0.25, 0.3) is 0 Å². The van der Waals surface area contributed by atoms with Crippen molar-refractivity contribution in [2.75, 3.05) is 6.61 Å². The van der Waals surface area contributed by atoms with Gasteiger partial charge in [0.25, 0.3) is 0 Å². The molecular weight excluding hydrogens is 324 g/mol. The van der Waals surface area contributed by atoms with E-state index in [-0.39, 0.29) is 6.61 Å². The second kappa shape index (κ2) is 6.32. The van der Waals surface area contributed by atoms with Gasteiger partial charge in [-0.25, -0.2) is 0 Å². The normalized spacial score (nSPS) is 26.4. The van der Waals surface area contributed by atoms with Crippen LogP contribution in [0.2, 0.25) is 0 Å². The molecule has 0 aliphatic heterocycles. The highest BCUT2D eigenvalue weighted by Crippen LogP contribution is 2.74. The van der Waals surface area contributed by atoms with Crippen LogP contribution in [-0.2, 0) is 14.9 Å². The van der Waals surface area contributed by atoms with Crippen molar-refractivity contribution in [2.45, 2.75) is 32.1 Å². The fourth-order valence-corrected chi connectivity index (χ4v) is 4.16. The first-order valence-corrected chi connectivity index (χ1v) is 8.61. The lowest BCUT2D eigenvalue weighted by molar-refractivity contribution is -0.148. The SMILES string of the molecule is CCOC(=O)[C@@]1(C#N)[C@H](c2ccccc2)[C@@]1(C#N)c1cc(C)cc(C)c1. The van der Waals surface area contributed by atoms with Crippen LogP contribution >= 0.6 is 0 Å². The van der Waals surface area contributed by atoms with Crippen molar-refractivity contribution in [2.24, 2.45) is 5.41 Å². The first-order valence-electron chi connectivity index (χ1n) is 8.61. The smallest absolute Gasteiger partial charge is 0.329 e. The largest absolute Gasteiger partial charge is 0.465 e. The molecule has 0 aromatic heterocycles. The molecule has 0 amide bonds. The van der Waals surface area contributed by atoms with E-state index in [2.05, 4.69) is 12.1 Å². The number of hydrogen-bond donors (Lipinski definition) is 0. The van der Waals surface area contributed by atoms with Crippen molar-refractivity contribution in [1.29, 1.82) is 10.5 Å². The van der Waals surface area contributed by atoms with Crippen molar-refractivity contribution in [3.63, 3.8) is 0 Å². The summed E-state index contributed by atoms with van der Waals surface area (Å²) in [5, 5.41) is 20.2. The van der Waals surface area contributed by atoms with Gasteiger partial charge in [0.15, 0.2) is 5.41 Å². The highest BCUT2D eigenvalue weighted by atomic mass is 16.5. The fraction of sp³-hybridized carbons (Fsp3) is 0.318. The monoisotopic (exact) mass is 344 g/mol. The average Bonchev–Trinajstić information content (AvgIpc) is 3.26. The van der Waals surface area contributed by atoms with E-state index < -0.39 is 22.7 Å². The van der Waals surface area contributed by atoms with Crippen LogP contribution in [0.4, 0.5) is 0 Å². The van der Waals surface area contributed by atoms with Crippen molar-refractivity contribution in [3.8, 4) is 12.1 Å². The van der Waals surface area contributed by atoms with Crippen molar-refractivity contribution in [1.82, 2.24) is 0 Å². The first-order chi connectivity index (χ1) is 12.5. The van der Waals surface area contributed by atoms with E-state index >= 15 is 0 Å². The number of benzene rings is 2. The molecule has 1 aliphatic carbocycles. The molecule has 3 rings (SSSR count). The lowest BCUT2D eigenvalue weighted by Crippen LogP contribution is -2.27. The third kappa shape index (κ3) is 2.23. The van der Waals surface area contributed by atoms with Crippen molar-refractivity contribution in [3.05, 3.63) is 70.8 Å². The molecule has 0 radical (unpaired) electrons. The van der Waals surface area contributed by atoms with Crippen molar-refractivity contribution >= 4 is 5.97 Å². The maximum Gasteiger partial charge on any atom is 0.329 e. The van der Waals surface area contributed by atoms with Crippen LogP contribution in [0, 0.1) is 41.9 Å². The molecule has 4 nitrogen and oxygen atoms in total. The van der Waals surface area contributed by atoms with Gasteiger partial charge in [0.1, 0.15) is 5.41 Å². The van der Waals surface area contributed by atoms with Crippen LogP contribution in [0.15, 0.2) is 48.5 Å². The van der Waals surface area contributed by atoms with E-state index in [9.17, 15) is 15.3 Å². The van der Waals surface area contributed by atoms with Crippen LogP contribution in [0.5, 0.6) is 0 Å². The summed E-state index contributed by atoms with van der Waals surface area (Å²) in [7, 11) is 0. The van der Waals surface area contributed by atoms with E-state index in [0.29, 0.717) is 5.56 Å². The van der Waals surface area contributed by atoms with Gasteiger partial charge in [-0.05, 0) is 31.9 Å². The predicted molar refractivity (Wildman–Crippen MR) is 97.1 cm³/mol. The topological polar surface area (TPSA) is 73.9 Å². The van der Waals surface area contributed by atoms with Gasteiger partial charge in [0.05, 0.1) is 18.7 Å². The summed E-state index contributed by atoms with van der Waals surface area (Å²) in [6.07, 6.45) is 0. The Morgan fingerprint density at radius 3 is 2.19 bits per heavy atom. The number of carbonyl (C=O) groups excluding carboxylic acids is 1. The molecule has 0 spiro atoms.